The molecule has 0 aliphatic rings. The lowest BCUT2D eigenvalue weighted by molar-refractivity contribution is 0.466. The van der Waals surface area contributed by atoms with Gasteiger partial charge in [0.25, 0.3) is 0 Å². The Morgan fingerprint density at radius 1 is 0.889 bits per heavy atom. The summed E-state index contributed by atoms with van der Waals surface area (Å²) >= 11 is 0. The van der Waals surface area contributed by atoms with Gasteiger partial charge in [0.2, 0.25) is 21.9 Å². The van der Waals surface area contributed by atoms with Gasteiger partial charge in [0.05, 0.1) is 22.7 Å². The van der Waals surface area contributed by atoms with Gasteiger partial charge in [-0.2, -0.15) is 0 Å². The van der Waals surface area contributed by atoms with Crippen LogP contribution in [0.4, 0.5) is 11.6 Å². The van der Waals surface area contributed by atoms with Crippen LogP contribution in [-0.2, 0) is 15.8 Å². The molecule has 5 aromatic rings. The molecule has 180 valence electrons. The summed E-state index contributed by atoms with van der Waals surface area (Å²) in [5.74, 6) is 0.882. The zero-order chi connectivity index (χ0) is 25.1. The second-order valence-corrected chi connectivity index (χ2v) is 9.81. The second kappa shape index (κ2) is 9.59. The van der Waals surface area contributed by atoms with Gasteiger partial charge in [-0.25, -0.2) is 23.4 Å². The third-order valence-electron chi connectivity index (χ3n) is 5.50. The topological polar surface area (TPSA) is 133 Å². The highest BCUT2D eigenvalue weighted by atomic mass is 32.2. The molecule has 10 heteroatoms. The number of ether oxygens (including phenoxy) is 1. The number of aryl methyl sites for hydroxylation is 1. The molecule has 0 aliphatic heterocycles. The van der Waals surface area contributed by atoms with Crippen molar-refractivity contribution in [2.24, 2.45) is 0 Å². The van der Waals surface area contributed by atoms with Crippen LogP contribution in [0, 0.1) is 6.92 Å². The van der Waals surface area contributed by atoms with E-state index in [2.05, 4.69) is 24.7 Å². The average Bonchev–Trinajstić information content (AvgIpc) is 2.86. The van der Waals surface area contributed by atoms with Crippen LogP contribution in [0.25, 0.3) is 22.0 Å². The quantitative estimate of drug-likeness (QED) is 0.330. The molecule has 3 N–H and O–H groups in total. The highest BCUT2D eigenvalue weighted by molar-refractivity contribution is 7.91. The van der Waals surface area contributed by atoms with Crippen LogP contribution in [-0.4, -0.2) is 28.4 Å². The van der Waals surface area contributed by atoms with Crippen molar-refractivity contribution in [3.63, 3.8) is 0 Å². The number of pyridine rings is 2. The molecule has 0 bridgehead atoms. The van der Waals surface area contributed by atoms with Gasteiger partial charge in [-0.15, -0.1) is 0 Å². The predicted octanol–water partition coefficient (Wildman–Crippen LogP) is 4.71. The molecule has 0 unspecified atom stereocenters. The smallest absolute Gasteiger partial charge is 0.236 e. The lowest BCUT2D eigenvalue weighted by Crippen LogP contribution is -2.15. The molecule has 0 spiro atoms. The Hall–Kier alpha value is -4.57. The van der Waals surface area contributed by atoms with Crippen molar-refractivity contribution in [1.29, 1.82) is 0 Å². The van der Waals surface area contributed by atoms with Crippen molar-refractivity contribution in [2.75, 3.05) is 10.5 Å². The largest absolute Gasteiger partial charge is 0.437 e. The zero-order valence-corrected chi connectivity index (χ0v) is 20.1. The van der Waals surface area contributed by atoms with Crippen LogP contribution in [0.2, 0.25) is 0 Å². The van der Waals surface area contributed by atoms with Gasteiger partial charge in [0.15, 0.2) is 0 Å². The highest BCUT2D eigenvalue weighted by Crippen LogP contribution is 2.38. The normalized spacial score (nSPS) is 11.4. The van der Waals surface area contributed by atoms with Crippen LogP contribution >= 0.6 is 0 Å². The Morgan fingerprint density at radius 3 is 2.53 bits per heavy atom. The van der Waals surface area contributed by atoms with Gasteiger partial charge in [-0.3, -0.25) is 9.71 Å². The Labute approximate surface area is 208 Å². The van der Waals surface area contributed by atoms with E-state index in [0.29, 0.717) is 39.5 Å². The number of nitrogen functional groups attached to an aromatic ring is 1. The summed E-state index contributed by atoms with van der Waals surface area (Å²) in [6, 6.07) is 17.8. The summed E-state index contributed by atoms with van der Waals surface area (Å²) in [5.41, 5.74) is 8.96. The number of fused-ring (bicyclic) bond motifs is 1. The summed E-state index contributed by atoms with van der Waals surface area (Å²) in [7, 11) is -3.66. The van der Waals surface area contributed by atoms with Crippen molar-refractivity contribution >= 4 is 32.4 Å². The average molecular weight is 499 g/mol. The Balaban J connectivity index is 1.53. The van der Waals surface area contributed by atoms with Crippen LogP contribution in [0.15, 0.2) is 85.5 Å². The van der Waals surface area contributed by atoms with Crippen LogP contribution in [0.5, 0.6) is 11.6 Å². The van der Waals surface area contributed by atoms with Gasteiger partial charge >= 0.3 is 0 Å². The monoisotopic (exact) mass is 498 g/mol. The summed E-state index contributed by atoms with van der Waals surface area (Å²) in [6.07, 6.45) is 6.33. The van der Waals surface area contributed by atoms with Crippen LogP contribution < -0.4 is 15.2 Å². The lowest BCUT2D eigenvalue weighted by Gasteiger charge is -2.16. The fourth-order valence-corrected chi connectivity index (χ4v) is 5.07. The van der Waals surface area contributed by atoms with Gasteiger partial charge < -0.3 is 10.5 Å². The van der Waals surface area contributed by atoms with E-state index in [1.807, 2.05) is 31.2 Å². The van der Waals surface area contributed by atoms with Gasteiger partial charge in [0, 0.05) is 35.6 Å². The molecule has 0 aliphatic carbocycles. The van der Waals surface area contributed by atoms with E-state index in [1.54, 1.807) is 61.2 Å². The maximum atomic E-state index is 12.9. The molecule has 9 nitrogen and oxygen atoms in total. The number of benzene rings is 2. The summed E-state index contributed by atoms with van der Waals surface area (Å²) in [6.45, 7) is 1.92. The predicted molar refractivity (Wildman–Crippen MR) is 139 cm³/mol. The zero-order valence-electron chi connectivity index (χ0n) is 19.3. The molecule has 2 aromatic carbocycles. The molecule has 3 aromatic heterocycles. The van der Waals surface area contributed by atoms with Gasteiger partial charge in [0.1, 0.15) is 5.75 Å². The number of nitrogens with zero attached hydrogens (tertiary/aromatic N) is 4. The van der Waals surface area contributed by atoms with E-state index in [4.69, 9.17) is 10.5 Å². The number of nitrogens with two attached hydrogens (primary N) is 1. The van der Waals surface area contributed by atoms with E-state index in [-0.39, 0.29) is 11.7 Å². The number of sulfonamides is 1. The number of rotatable bonds is 7. The Kier molecular flexibility index (Phi) is 6.17. The third-order valence-corrected chi connectivity index (χ3v) is 6.74. The minimum Gasteiger partial charge on any atom is -0.437 e. The summed E-state index contributed by atoms with van der Waals surface area (Å²) in [4.78, 5) is 16.6. The maximum absolute atomic E-state index is 12.9. The minimum absolute atomic E-state index is 0.146. The summed E-state index contributed by atoms with van der Waals surface area (Å²) in [5, 5.41) is 1.43. The first-order chi connectivity index (χ1) is 17.4. The molecule has 5 rings (SSSR count). The van der Waals surface area contributed by atoms with Crippen LogP contribution in [0.3, 0.4) is 0 Å². The maximum Gasteiger partial charge on any atom is 0.236 e. The fourth-order valence-electron chi connectivity index (χ4n) is 3.85. The molecule has 36 heavy (non-hydrogen) atoms. The van der Waals surface area contributed by atoms with Crippen molar-refractivity contribution < 1.29 is 13.2 Å². The third kappa shape index (κ3) is 4.93. The Bertz CT molecular complexity index is 1660. The van der Waals surface area contributed by atoms with Crippen molar-refractivity contribution in [2.45, 2.75) is 12.7 Å². The molecule has 3 heterocycles. The van der Waals surface area contributed by atoms with E-state index in [9.17, 15) is 8.42 Å². The van der Waals surface area contributed by atoms with Gasteiger partial charge in [-0.1, -0.05) is 24.3 Å². The molecule has 0 saturated carbocycles. The number of hydrogen-bond acceptors (Lipinski definition) is 8. The standard InChI is InChI=1S/C26H22N6O3S/c1-17-7-8-19-20(4-2-6-23(19)32-36(33,34)16-18-9-13-28-14-10-18)24(17)35-25-21(5-3-12-29-25)22-11-15-30-26(27)31-22/h2-15,32H,16H2,1H3,(H2,27,30,31). The minimum atomic E-state index is -3.66. The second-order valence-electron chi connectivity index (χ2n) is 8.09. The fraction of sp³-hybridized carbons (Fsp3) is 0.0769. The first-order valence-corrected chi connectivity index (χ1v) is 12.7. The first-order valence-electron chi connectivity index (χ1n) is 11.0. The van der Waals surface area contributed by atoms with E-state index >= 15 is 0 Å². The molecule has 0 amide bonds. The molecule has 0 atom stereocenters. The molecule has 0 fully saturated rings. The van der Waals surface area contributed by atoms with E-state index in [1.165, 1.54) is 0 Å². The lowest BCUT2D eigenvalue weighted by atomic mass is 10.0. The van der Waals surface area contributed by atoms with Crippen molar-refractivity contribution in [3.8, 4) is 22.9 Å². The highest BCUT2D eigenvalue weighted by Gasteiger charge is 2.17. The van der Waals surface area contributed by atoms with E-state index in [0.717, 1.165) is 10.9 Å². The number of nitrogens with one attached hydrogen (secondary N) is 1. The molecule has 0 saturated heterocycles. The summed E-state index contributed by atoms with van der Waals surface area (Å²) < 4.78 is 34.8. The Morgan fingerprint density at radius 2 is 1.72 bits per heavy atom. The molecule has 0 radical (unpaired) electrons. The number of hydrogen-bond donors (Lipinski definition) is 2. The van der Waals surface area contributed by atoms with E-state index < -0.39 is 10.0 Å². The molecular formula is C26H22N6O3S. The first kappa shape index (κ1) is 23.2. The van der Waals surface area contributed by atoms with Crippen molar-refractivity contribution in [3.05, 3.63) is 96.6 Å². The van der Waals surface area contributed by atoms with Gasteiger partial charge in [-0.05, 0) is 54.4 Å². The SMILES string of the molecule is Cc1ccc2c(NS(=O)(=O)Cc3ccncc3)cccc2c1Oc1ncccc1-c1ccnc(N)n1. The molecular weight excluding hydrogens is 476 g/mol. The number of aromatic nitrogens is 4. The van der Waals surface area contributed by atoms with Crippen molar-refractivity contribution in [1.82, 2.24) is 19.9 Å². The van der Waals surface area contributed by atoms with Crippen LogP contribution in [0.1, 0.15) is 11.1 Å². The number of anilines is 2.